The van der Waals surface area contributed by atoms with Crippen LogP contribution in [0.25, 0.3) is 11.0 Å². The normalized spacial score (nSPS) is 17.7. The largest absolute Gasteiger partial charge is 0.409 e. The minimum absolute atomic E-state index is 0.0443. The number of halogens is 2. The van der Waals surface area contributed by atoms with Crippen LogP contribution in [0.4, 0.5) is 8.78 Å². The average molecular weight is 402 g/mol. The first kappa shape index (κ1) is 19.0. The minimum atomic E-state index is -2.65. The Morgan fingerprint density at radius 2 is 2.07 bits per heavy atom. The molecule has 1 fully saturated rings. The van der Waals surface area contributed by atoms with Crippen LogP contribution in [-0.4, -0.2) is 36.7 Å². The lowest BCUT2D eigenvalue weighted by atomic mass is 9.92. The zero-order valence-electron chi connectivity index (χ0n) is 15.5. The van der Waals surface area contributed by atoms with Gasteiger partial charge in [-0.3, -0.25) is 4.79 Å². The molecule has 29 heavy (non-hydrogen) atoms. The molecule has 0 atom stereocenters. The predicted molar refractivity (Wildman–Crippen MR) is 102 cm³/mol. The molecule has 2 heterocycles. The number of benzene rings is 1. The highest BCUT2D eigenvalue weighted by atomic mass is 19.3. The van der Waals surface area contributed by atoms with Gasteiger partial charge in [-0.05, 0) is 18.4 Å². The Balaban J connectivity index is 1.70. The maximum atomic E-state index is 13.5. The third-order valence-electron chi connectivity index (χ3n) is 5.30. The molecular weight excluding hydrogens is 382 g/mol. The number of nitrogens with two attached hydrogens (primary N) is 1. The van der Waals surface area contributed by atoms with Crippen LogP contribution >= 0.6 is 0 Å². The predicted octanol–water partition coefficient (Wildman–Crippen LogP) is 2.56. The van der Waals surface area contributed by atoms with Crippen LogP contribution in [0.15, 0.2) is 40.4 Å². The first-order valence-electron chi connectivity index (χ1n) is 9.28. The summed E-state index contributed by atoms with van der Waals surface area (Å²) in [6.07, 6.45) is 1.80. The molecule has 1 aromatic carbocycles. The second-order valence-corrected chi connectivity index (χ2v) is 7.25. The average Bonchev–Trinajstić information content (AvgIpc) is 3.12. The molecule has 0 radical (unpaired) electrons. The first-order valence-corrected chi connectivity index (χ1v) is 9.28. The zero-order valence-corrected chi connectivity index (χ0v) is 15.5. The molecular formula is C19H20F2N6O2. The van der Waals surface area contributed by atoms with Crippen molar-refractivity contribution in [1.29, 1.82) is 0 Å². The lowest BCUT2D eigenvalue weighted by Gasteiger charge is -2.28. The van der Waals surface area contributed by atoms with Gasteiger partial charge in [0.2, 0.25) is 5.92 Å². The Hall–Kier alpha value is -3.30. The number of nitrogens with zero attached hydrogens (tertiary/aromatic N) is 4. The number of hydrogen-bond acceptors (Lipinski definition) is 5. The highest BCUT2D eigenvalue weighted by Gasteiger charge is 2.36. The summed E-state index contributed by atoms with van der Waals surface area (Å²) in [5.41, 5.74) is 7.00. The topological polar surface area (TPSA) is 122 Å². The van der Waals surface area contributed by atoms with E-state index in [1.807, 2.05) is 0 Å². The molecule has 3 aromatic rings. The standard InChI is InChI=1S/C19H20F2N6O2/c20-19(21)7-5-12(6-8-19)27-17-14(10-23-27)18(28)25-15(24-17)9-11-3-1-2-4-13(11)16(22)26-29/h1-4,10,12,29H,5-9H2,(H2,22,26)(H,24,25,28). The van der Waals surface area contributed by atoms with Gasteiger partial charge in [-0.15, -0.1) is 0 Å². The van der Waals surface area contributed by atoms with Crippen LogP contribution in [0.3, 0.4) is 0 Å². The highest BCUT2D eigenvalue weighted by Crippen LogP contribution is 2.38. The summed E-state index contributed by atoms with van der Waals surface area (Å²) in [6.45, 7) is 0. The van der Waals surface area contributed by atoms with Crippen LogP contribution in [0.5, 0.6) is 0 Å². The fraction of sp³-hybridized carbons (Fsp3) is 0.368. The summed E-state index contributed by atoms with van der Waals surface area (Å²) in [4.78, 5) is 19.8. The number of fused-ring (bicyclic) bond motifs is 1. The number of oxime groups is 1. The molecule has 0 amide bonds. The number of H-pyrrole nitrogens is 1. The monoisotopic (exact) mass is 402 g/mol. The van der Waals surface area contributed by atoms with Crippen molar-refractivity contribution in [2.75, 3.05) is 0 Å². The fourth-order valence-electron chi connectivity index (χ4n) is 3.76. The van der Waals surface area contributed by atoms with E-state index in [1.54, 1.807) is 28.9 Å². The molecule has 8 nitrogen and oxygen atoms in total. The van der Waals surface area contributed by atoms with Crippen LogP contribution in [0.1, 0.15) is 48.7 Å². The number of aromatic nitrogens is 4. The lowest BCUT2D eigenvalue weighted by Crippen LogP contribution is -2.27. The maximum absolute atomic E-state index is 13.5. The van der Waals surface area contributed by atoms with E-state index in [0.29, 0.717) is 28.0 Å². The molecule has 0 spiro atoms. The van der Waals surface area contributed by atoms with E-state index in [0.717, 1.165) is 0 Å². The summed E-state index contributed by atoms with van der Waals surface area (Å²) in [5, 5.41) is 16.6. The van der Waals surface area contributed by atoms with Gasteiger partial charge in [-0.25, -0.2) is 18.4 Å². The van der Waals surface area contributed by atoms with E-state index < -0.39 is 5.92 Å². The Morgan fingerprint density at radius 1 is 1.34 bits per heavy atom. The molecule has 1 aliphatic carbocycles. The van der Waals surface area contributed by atoms with Crippen molar-refractivity contribution >= 4 is 16.9 Å². The molecule has 152 valence electrons. The fourth-order valence-corrected chi connectivity index (χ4v) is 3.76. The van der Waals surface area contributed by atoms with Crippen molar-refractivity contribution in [3.05, 3.63) is 57.8 Å². The second-order valence-electron chi connectivity index (χ2n) is 7.25. The van der Waals surface area contributed by atoms with E-state index in [2.05, 4.69) is 20.2 Å². The van der Waals surface area contributed by atoms with Crippen molar-refractivity contribution in [2.45, 2.75) is 44.1 Å². The van der Waals surface area contributed by atoms with Crippen molar-refractivity contribution < 1.29 is 14.0 Å². The van der Waals surface area contributed by atoms with Crippen molar-refractivity contribution in [3.8, 4) is 0 Å². The molecule has 0 saturated heterocycles. The number of nitrogens with one attached hydrogen (secondary N) is 1. The van der Waals surface area contributed by atoms with Crippen LogP contribution in [-0.2, 0) is 6.42 Å². The van der Waals surface area contributed by atoms with Crippen LogP contribution in [0, 0.1) is 0 Å². The summed E-state index contributed by atoms with van der Waals surface area (Å²) in [6, 6.07) is 6.82. The van der Waals surface area contributed by atoms with Gasteiger partial charge < -0.3 is 15.9 Å². The van der Waals surface area contributed by atoms with Gasteiger partial charge in [0.15, 0.2) is 11.5 Å². The third kappa shape index (κ3) is 3.69. The number of hydrogen-bond donors (Lipinski definition) is 3. The Morgan fingerprint density at radius 3 is 2.79 bits per heavy atom. The highest BCUT2D eigenvalue weighted by molar-refractivity contribution is 5.98. The molecule has 1 aliphatic rings. The molecule has 0 bridgehead atoms. The first-order chi connectivity index (χ1) is 13.9. The summed E-state index contributed by atoms with van der Waals surface area (Å²) in [5.74, 6) is -2.31. The van der Waals surface area contributed by atoms with E-state index in [-0.39, 0.29) is 49.5 Å². The number of rotatable bonds is 4. The van der Waals surface area contributed by atoms with Crippen molar-refractivity contribution in [2.24, 2.45) is 10.9 Å². The van der Waals surface area contributed by atoms with E-state index in [9.17, 15) is 13.6 Å². The molecule has 4 rings (SSSR count). The Kier molecular flexibility index (Phi) is 4.77. The lowest BCUT2D eigenvalue weighted by molar-refractivity contribution is -0.0446. The van der Waals surface area contributed by atoms with E-state index in [1.165, 1.54) is 6.20 Å². The smallest absolute Gasteiger partial charge is 0.262 e. The summed E-state index contributed by atoms with van der Waals surface area (Å²) in [7, 11) is 0. The molecule has 0 aliphatic heterocycles. The van der Waals surface area contributed by atoms with Crippen LogP contribution in [0.2, 0.25) is 0 Å². The second kappa shape index (κ2) is 7.26. The molecule has 4 N–H and O–H groups in total. The third-order valence-corrected chi connectivity index (χ3v) is 5.30. The van der Waals surface area contributed by atoms with Gasteiger partial charge in [0.1, 0.15) is 11.2 Å². The minimum Gasteiger partial charge on any atom is -0.409 e. The van der Waals surface area contributed by atoms with Gasteiger partial charge >= 0.3 is 0 Å². The molecule has 2 aromatic heterocycles. The summed E-state index contributed by atoms with van der Waals surface area (Å²) >= 11 is 0. The molecule has 0 unspecified atom stereocenters. The van der Waals surface area contributed by atoms with E-state index in [4.69, 9.17) is 10.9 Å². The van der Waals surface area contributed by atoms with Gasteiger partial charge in [0, 0.05) is 24.8 Å². The number of alkyl halides is 2. The van der Waals surface area contributed by atoms with E-state index >= 15 is 0 Å². The van der Waals surface area contributed by atoms with Crippen LogP contribution < -0.4 is 11.3 Å². The molecule has 10 heteroatoms. The quantitative estimate of drug-likeness (QED) is 0.268. The number of amidine groups is 1. The Labute approximate surface area is 164 Å². The maximum Gasteiger partial charge on any atom is 0.262 e. The Bertz CT molecular complexity index is 1130. The van der Waals surface area contributed by atoms with Crippen molar-refractivity contribution in [3.63, 3.8) is 0 Å². The van der Waals surface area contributed by atoms with Gasteiger partial charge in [0.05, 0.1) is 12.2 Å². The van der Waals surface area contributed by atoms with Crippen molar-refractivity contribution in [1.82, 2.24) is 19.7 Å². The zero-order chi connectivity index (χ0) is 20.6. The van der Waals surface area contributed by atoms with Gasteiger partial charge in [-0.2, -0.15) is 5.10 Å². The number of aromatic amines is 1. The SMILES string of the molecule is N/C(=N/O)c1ccccc1Cc1nc2c(cnn2C2CCC(F)(F)CC2)c(=O)[nH]1. The van der Waals surface area contributed by atoms with Gasteiger partial charge in [0.25, 0.3) is 5.56 Å². The summed E-state index contributed by atoms with van der Waals surface area (Å²) < 4.78 is 28.6. The van der Waals surface area contributed by atoms with Gasteiger partial charge in [-0.1, -0.05) is 29.4 Å². The molecule has 1 saturated carbocycles.